The maximum absolute atomic E-state index is 13.2. The summed E-state index contributed by atoms with van der Waals surface area (Å²) >= 11 is 0. The number of nitrogens with zero attached hydrogens (tertiary/aromatic N) is 5. The van der Waals surface area contributed by atoms with Crippen LogP contribution in [0.15, 0.2) is 66.9 Å². The van der Waals surface area contributed by atoms with Gasteiger partial charge in [-0.05, 0) is 37.2 Å². The van der Waals surface area contributed by atoms with Crippen LogP contribution in [0.4, 0.5) is 17.3 Å². The van der Waals surface area contributed by atoms with Gasteiger partial charge in [0.1, 0.15) is 11.5 Å². The van der Waals surface area contributed by atoms with Crippen LogP contribution in [0, 0.1) is 0 Å². The van der Waals surface area contributed by atoms with Gasteiger partial charge in [0.15, 0.2) is 0 Å². The number of methoxy groups -OCH3 is 1. The van der Waals surface area contributed by atoms with Crippen LogP contribution in [0.5, 0.6) is 17.4 Å². The van der Waals surface area contributed by atoms with E-state index in [9.17, 15) is 4.79 Å². The summed E-state index contributed by atoms with van der Waals surface area (Å²) in [6.45, 7) is 12.2. The monoisotopic (exact) mass is 673 g/mol. The normalized spacial score (nSPS) is 15.0. The van der Waals surface area contributed by atoms with E-state index in [4.69, 9.17) is 24.7 Å². The average molecular weight is 674 g/mol. The van der Waals surface area contributed by atoms with E-state index in [2.05, 4.69) is 32.0 Å². The highest BCUT2D eigenvalue weighted by Crippen LogP contribution is 2.33. The van der Waals surface area contributed by atoms with Crippen LogP contribution in [0.25, 0.3) is 10.8 Å². The van der Waals surface area contributed by atoms with Crippen molar-refractivity contribution in [1.29, 1.82) is 0 Å². The SMILES string of the molecule is C.CCCN1CCOCC1.COc1cc(Nc2nccc(Oc3ccc(N)c4ccccc34)n2)cc(C(=O)N(C)CCN2CCOCC2)c1. The lowest BCUT2D eigenvalue weighted by molar-refractivity contribution is 0.0338. The van der Waals surface area contributed by atoms with Crippen molar-refractivity contribution in [3.05, 3.63) is 72.4 Å². The largest absolute Gasteiger partial charge is 0.497 e. The minimum Gasteiger partial charge on any atom is -0.497 e. The fourth-order valence-electron chi connectivity index (χ4n) is 5.58. The number of benzene rings is 3. The van der Waals surface area contributed by atoms with E-state index in [-0.39, 0.29) is 13.3 Å². The molecule has 0 unspecified atom stereocenters. The Labute approximate surface area is 290 Å². The highest BCUT2D eigenvalue weighted by atomic mass is 16.5. The smallest absolute Gasteiger partial charge is 0.253 e. The van der Waals surface area contributed by atoms with Gasteiger partial charge >= 0.3 is 0 Å². The number of carbonyl (C=O) groups is 1. The molecule has 2 aliphatic heterocycles. The van der Waals surface area contributed by atoms with Crippen molar-refractivity contribution in [2.24, 2.45) is 0 Å². The molecule has 12 heteroatoms. The molecule has 49 heavy (non-hydrogen) atoms. The Morgan fingerprint density at radius 1 is 0.939 bits per heavy atom. The first kappa shape index (κ1) is 37.3. The van der Waals surface area contributed by atoms with E-state index in [0.29, 0.717) is 46.8 Å². The Morgan fingerprint density at radius 3 is 2.29 bits per heavy atom. The molecule has 3 heterocycles. The van der Waals surface area contributed by atoms with Gasteiger partial charge in [0, 0.05) is 92.4 Å². The Bertz CT molecular complexity index is 1620. The molecule has 2 fully saturated rings. The molecule has 6 rings (SSSR count). The van der Waals surface area contributed by atoms with Gasteiger partial charge in [-0.15, -0.1) is 0 Å². The maximum atomic E-state index is 13.2. The van der Waals surface area contributed by atoms with Gasteiger partial charge in [-0.2, -0.15) is 4.98 Å². The Kier molecular flexibility index (Phi) is 14.4. The molecule has 2 aliphatic rings. The Hall–Kier alpha value is -4.49. The number of carbonyl (C=O) groups excluding carboxylic acids is 1. The molecule has 1 aromatic heterocycles. The molecule has 12 nitrogen and oxygen atoms in total. The van der Waals surface area contributed by atoms with Crippen LogP contribution in [0.1, 0.15) is 31.1 Å². The van der Waals surface area contributed by atoms with Gasteiger partial charge in [-0.25, -0.2) is 4.98 Å². The van der Waals surface area contributed by atoms with Gasteiger partial charge in [0.05, 0.1) is 33.5 Å². The van der Waals surface area contributed by atoms with Crippen molar-refractivity contribution >= 4 is 34.0 Å². The minimum absolute atomic E-state index is 0. The van der Waals surface area contributed by atoms with Gasteiger partial charge in [0.2, 0.25) is 11.8 Å². The number of nitrogen functional groups attached to an aromatic ring is 1. The lowest BCUT2D eigenvalue weighted by atomic mass is 10.1. The maximum Gasteiger partial charge on any atom is 0.253 e. The zero-order chi connectivity index (χ0) is 33.7. The van der Waals surface area contributed by atoms with E-state index in [1.807, 2.05) is 36.4 Å². The highest BCUT2D eigenvalue weighted by Gasteiger charge is 2.17. The van der Waals surface area contributed by atoms with Crippen LogP contribution >= 0.6 is 0 Å². The molecule has 4 aromatic rings. The number of aromatic nitrogens is 2. The Balaban J connectivity index is 0.000000471. The van der Waals surface area contributed by atoms with Crippen molar-refractivity contribution in [1.82, 2.24) is 24.7 Å². The third-order valence-electron chi connectivity index (χ3n) is 8.25. The summed E-state index contributed by atoms with van der Waals surface area (Å²) in [5.41, 5.74) is 7.92. The van der Waals surface area contributed by atoms with Gasteiger partial charge < -0.3 is 34.9 Å². The van der Waals surface area contributed by atoms with Crippen molar-refractivity contribution in [2.75, 3.05) is 97.4 Å². The first-order valence-electron chi connectivity index (χ1n) is 16.5. The van der Waals surface area contributed by atoms with Crippen molar-refractivity contribution in [2.45, 2.75) is 20.8 Å². The van der Waals surface area contributed by atoms with Gasteiger partial charge in [-0.1, -0.05) is 38.6 Å². The molecule has 0 atom stereocenters. The fourth-order valence-corrected chi connectivity index (χ4v) is 5.58. The second kappa shape index (κ2) is 18.9. The van der Waals surface area contributed by atoms with Crippen molar-refractivity contribution < 1.29 is 23.7 Å². The predicted octanol–water partition coefficient (Wildman–Crippen LogP) is 5.53. The number of nitrogens with two attached hydrogens (primary N) is 1. The minimum atomic E-state index is -0.0987. The molecule has 1 amide bonds. The molecule has 3 N–H and O–H groups in total. The fraction of sp³-hybridized carbons (Fsp3) is 0.432. The number of morpholine rings is 2. The number of hydrogen-bond acceptors (Lipinski definition) is 11. The van der Waals surface area contributed by atoms with Gasteiger partial charge in [0.25, 0.3) is 5.91 Å². The highest BCUT2D eigenvalue weighted by molar-refractivity contribution is 5.97. The van der Waals surface area contributed by atoms with Crippen LogP contribution in [0.3, 0.4) is 0 Å². The molecule has 2 saturated heterocycles. The zero-order valence-corrected chi connectivity index (χ0v) is 28.2. The standard InChI is InChI=1S/C29H32N6O4.C7H15NO.CH4/c1-34(11-12-35-13-15-38-16-14-35)28(36)20-17-21(19-22(18-20)37-2)32-29-31-10-9-27(33-29)39-26-8-7-25(30)23-5-3-4-6-24(23)26;1-2-3-8-4-6-9-7-5-8;/h3-10,17-19H,11-16,30H2,1-2H3,(H,31,32,33);2-7H2,1H3;1H4. The quantitative estimate of drug-likeness (QED) is 0.195. The lowest BCUT2D eigenvalue weighted by Gasteiger charge is -2.28. The molecule has 0 bridgehead atoms. The summed E-state index contributed by atoms with van der Waals surface area (Å²) in [7, 11) is 3.37. The van der Waals surface area contributed by atoms with Crippen LogP contribution in [0.2, 0.25) is 0 Å². The van der Waals surface area contributed by atoms with Crippen molar-refractivity contribution in [3.8, 4) is 17.4 Å². The summed E-state index contributed by atoms with van der Waals surface area (Å²) in [6, 6.07) is 18.4. The van der Waals surface area contributed by atoms with E-state index >= 15 is 0 Å². The van der Waals surface area contributed by atoms with Gasteiger partial charge in [-0.3, -0.25) is 14.6 Å². The summed E-state index contributed by atoms with van der Waals surface area (Å²) in [6.07, 6.45) is 2.87. The zero-order valence-electron chi connectivity index (χ0n) is 28.2. The molecule has 264 valence electrons. The van der Waals surface area contributed by atoms with E-state index in [0.717, 1.165) is 69.9 Å². The number of likely N-dealkylation sites (N-methyl/N-ethyl adjacent to an activating group) is 1. The molecule has 0 saturated carbocycles. The third-order valence-corrected chi connectivity index (χ3v) is 8.25. The number of fused-ring (bicyclic) bond motifs is 1. The second-order valence-corrected chi connectivity index (χ2v) is 11.7. The predicted molar refractivity (Wildman–Crippen MR) is 195 cm³/mol. The van der Waals surface area contributed by atoms with E-state index in [1.54, 1.807) is 49.5 Å². The number of rotatable bonds is 11. The number of amides is 1. The summed E-state index contributed by atoms with van der Waals surface area (Å²) < 4.78 is 22.2. The van der Waals surface area contributed by atoms with Crippen molar-refractivity contribution in [3.63, 3.8) is 0 Å². The van der Waals surface area contributed by atoms with E-state index in [1.165, 1.54) is 13.0 Å². The number of ether oxygens (including phenoxy) is 4. The second-order valence-electron chi connectivity index (χ2n) is 11.7. The first-order valence-corrected chi connectivity index (χ1v) is 16.5. The lowest BCUT2D eigenvalue weighted by Crippen LogP contribution is -2.41. The summed E-state index contributed by atoms with van der Waals surface area (Å²) in [5, 5.41) is 4.97. The molecular weight excluding hydrogens is 622 g/mol. The third kappa shape index (κ3) is 10.8. The number of nitrogens with one attached hydrogen (secondary N) is 1. The molecule has 0 radical (unpaired) electrons. The summed E-state index contributed by atoms with van der Waals surface area (Å²) in [5.74, 6) is 1.77. The number of hydrogen-bond donors (Lipinski definition) is 2. The molecular formula is C37H51N7O5. The Morgan fingerprint density at radius 2 is 1.61 bits per heavy atom. The van der Waals surface area contributed by atoms with Crippen LogP contribution < -0.4 is 20.5 Å². The molecule has 3 aromatic carbocycles. The average Bonchev–Trinajstić information content (AvgIpc) is 3.13. The first-order chi connectivity index (χ1) is 23.4. The molecule has 0 spiro atoms. The molecule has 0 aliphatic carbocycles. The number of anilines is 3. The summed E-state index contributed by atoms with van der Waals surface area (Å²) in [4.78, 5) is 28.5. The van der Waals surface area contributed by atoms with E-state index < -0.39 is 0 Å². The topological polar surface area (TPSA) is 128 Å². The van der Waals surface area contributed by atoms with Crippen LogP contribution in [-0.4, -0.2) is 117 Å². The van der Waals surface area contributed by atoms with Crippen LogP contribution in [-0.2, 0) is 9.47 Å².